The van der Waals surface area contributed by atoms with Crippen LogP contribution in [-0.4, -0.2) is 37.5 Å². The van der Waals surface area contributed by atoms with Crippen molar-refractivity contribution in [3.63, 3.8) is 0 Å². The zero-order chi connectivity index (χ0) is 20.8. The number of para-hydroxylation sites is 2. The van der Waals surface area contributed by atoms with Gasteiger partial charge in [0.1, 0.15) is 23.6 Å². The highest BCUT2D eigenvalue weighted by atomic mass is 16.5. The van der Waals surface area contributed by atoms with E-state index in [1.54, 1.807) is 43.6 Å². The fourth-order valence-electron chi connectivity index (χ4n) is 4.74. The molecule has 0 aromatic heterocycles. The van der Waals surface area contributed by atoms with E-state index in [0.717, 1.165) is 5.56 Å². The number of carbonyl (C=O) groups excluding carboxylic acids is 3. The Morgan fingerprint density at radius 2 is 1.66 bits per heavy atom. The normalized spacial score (nSPS) is 28.4. The first-order chi connectivity index (χ1) is 13.9. The summed E-state index contributed by atoms with van der Waals surface area (Å²) in [5.74, 6) is -2.15. The lowest BCUT2D eigenvalue weighted by molar-refractivity contribution is -0.730. The number of anilines is 1. The Morgan fingerprint density at radius 1 is 1.00 bits per heavy atom. The third-order valence-corrected chi connectivity index (χ3v) is 6.05. The predicted molar refractivity (Wildman–Crippen MR) is 104 cm³/mol. The number of hydrogen-bond donors (Lipinski definition) is 1. The first-order valence-electron chi connectivity index (χ1n) is 9.44. The minimum absolute atomic E-state index is 0.314. The first kappa shape index (κ1) is 19.1. The van der Waals surface area contributed by atoms with Gasteiger partial charge in [0, 0.05) is 6.92 Å². The number of nitrogens with zero attached hydrogens (tertiary/aromatic N) is 1. The van der Waals surface area contributed by atoms with Crippen molar-refractivity contribution in [3.8, 4) is 5.75 Å². The van der Waals surface area contributed by atoms with Gasteiger partial charge in [-0.25, -0.2) is 9.69 Å². The molecule has 150 valence electrons. The van der Waals surface area contributed by atoms with Gasteiger partial charge in [0.15, 0.2) is 0 Å². The van der Waals surface area contributed by atoms with Gasteiger partial charge in [-0.2, -0.15) is 0 Å². The number of hydrogen-bond acceptors (Lipinski definition) is 5. The van der Waals surface area contributed by atoms with Gasteiger partial charge in [-0.15, -0.1) is 0 Å². The second-order valence-electron chi connectivity index (χ2n) is 7.56. The molecule has 0 aliphatic carbocycles. The number of methoxy groups -OCH3 is 2. The van der Waals surface area contributed by atoms with E-state index >= 15 is 0 Å². The molecule has 0 unspecified atom stereocenters. The lowest BCUT2D eigenvalue weighted by Crippen LogP contribution is -2.97. The van der Waals surface area contributed by atoms with Crippen LogP contribution in [0.3, 0.4) is 0 Å². The summed E-state index contributed by atoms with van der Waals surface area (Å²) >= 11 is 0. The Labute approximate surface area is 168 Å². The van der Waals surface area contributed by atoms with Crippen molar-refractivity contribution in [3.05, 3.63) is 60.2 Å². The molecule has 0 spiro atoms. The van der Waals surface area contributed by atoms with Crippen molar-refractivity contribution in [1.29, 1.82) is 0 Å². The molecule has 7 heteroatoms. The summed E-state index contributed by atoms with van der Waals surface area (Å²) in [7, 11) is 2.85. The van der Waals surface area contributed by atoms with E-state index in [1.165, 1.54) is 12.0 Å². The number of nitrogens with two attached hydrogens (primary N) is 1. The first-order valence-corrected chi connectivity index (χ1v) is 9.44. The lowest BCUT2D eigenvalue weighted by atomic mass is 9.80. The minimum Gasteiger partial charge on any atom is -0.496 e. The topological polar surface area (TPSA) is 89.5 Å². The summed E-state index contributed by atoms with van der Waals surface area (Å²) in [5.41, 5.74) is 0.0536. The molecule has 2 amide bonds. The highest BCUT2D eigenvalue weighted by Crippen LogP contribution is 2.47. The number of ether oxygens (including phenoxy) is 2. The second kappa shape index (κ2) is 7.00. The Kier molecular flexibility index (Phi) is 4.62. The molecule has 2 heterocycles. The molecule has 2 saturated heterocycles. The molecule has 2 fully saturated rings. The zero-order valence-corrected chi connectivity index (χ0v) is 16.5. The third kappa shape index (κ3) is 2.73. The Morgan fingerprint density at radius 3 is 2.31 bits per heavy atom. The van der Waals surface area contributed by atoms with E-state index in [0.29, 0.717) is 11.4 Å². The Hall–Kier alpha value is -3.19. The van der Waals surface area contributed by atoms with Crippen LogP contribution < -0.4 is 15.0 Å². The van der Waals surface area contributed by atoms with E-state index in [4.69, 9.17) is 9.47 Å². The van der Waals surface area contributed by atoms with Gasteiger partial charge in [-0.05, 0) is 24.3 Å². The number of esters is 1. The largest absolute Gasteiger partial charge is 0.496 e. The van der Waals surface area contributed by atoms with Gasteiger partial charge < -0.3 is 14.8 Å². The SMILES string of the molecule is COC(=O)[C@]1(C)[NH2+][C@@H](c2ccccc2OC)[C@H]2C(=O)N(c3ccccc3)C(=O)[C@H]21. The summed E-state index contributed by atoms with van der Waals surface area (Å²) in [4.78, 5) is 40.8. The molecule has 29 heavy (non-hydrogen) atoms. The summed E-state index contributed by atoms with van der Waals surface area (Å²) in [5, 5.41) is 1.78. The third-order valence-electron chi connectivity index (χ3n) is 6.05. The summed E-state index contributed by atoms with van der Waals surface area (Å²) in [6.07, 6.45) is 0. The maximum atomic E-state index is 13.5. The molecule has 2 aliphatic rings. The van der Waals surface area contributed by atoms with E-state index < -0.39 is 29.4 Å². The fraction of sp³-hybridized carbons (Fsp3) is 0.318. The zero-order valence-electron chi connectivity index (χ0n) is 16.5. The maximum Gasteiger partial charge on any atom is 0.368 e. The van der Waals surface area contributed by atoms with Crippen LogP contribution in [0.15, 0.2) is 54.6 Å². The van der Waals surface area contributed by atoms with Gasteiger partial charge in [-0.3, -0.25) is 9.59 Å². The standard InChI is InChI=1S/C22H22N2O5/c1-22(21(27)29-3)17-16(18(23-22)14-11-7-8-12-15(14)28-2)19(25)24(20(17)26)13-9-5-4-6-10-13/h4-12,16-18,23H,1-3H3/p+1/t16-,17-,18-,22+/m0/s1. The van der Waals surface area contributed by atoms with Crippen molar-refractivity contribution < 1.29 is 29.2 Å². The monoisotopic (exact) mass is 395 g/mol. The van der Waals surface area contributed by atoms with Crippen LogP contribution >= 0.6 is 0 Å². The number of carbonyl (C=O) groups is 3. The molecule has 2 aromatic rings. The molecule has 4 atom stereocenters. The fourth-order valence-corrected chi connectivity index (χ4v) is 4.74. The summed E-state index contributed by atoms with van der Waals surface area (Å²) in [6, 6.07) is 15.7. The molecule has 2 aromatic carbocycles. The molecule has 2 aliphatic heterocycles. The average Bonchev–Trinajstić information content (AvgIpc) is 3.21. The van der Waals surface area contributed by atoms with Crippen LogP contribution in [0.2, 0.25) is 0 Å². The highest BCUT2D eigenvalue weighted by Gasteiger charge is 2.71. The van der Waals surface area contributed by atoms with Crippen LogP contribution in [0.1, 0.15) is 18.5 Å². The van der Waals surface area contributed by atoms with Crippen LogP contribution in [-0.2, 0) is 19.1 Å². The molecule has 4 rings (SSSR count). The van der Waals surface area contributed by atoms with Gasteiger partial charge in [0.05, 0.1) is 25.5 Å². The quantitative estimate of drug-likeness (QED) is 0.618. The molecule has 2 N–H and O–H groups in total. The molecule has 0 radical (unpaired) electrons. The smallest absolute Gasteiger partial charge is 0.368 e. The van der Waals surface area contributed by atoms with Crippen LogP contribution in [0, 0.1) is 11.8 Å². The minimum atomic E-state index is -1.22. The van der Waals surface area contributed by atoms with E-state index in [-0.39, 0.29) is 11.8 Å². The molecule has 0 bridgehead atoms. The number of fused-ring (bicyclic) bond motifs is 1. The number of amides is 2. The Bertz CT molecular complexity index is 976. The van der Waals surface area contributed by atoms with Crippen molar-refractivity contribution in [1.82, 2.24) is 0 Å². The number of quaternary nitrogens is 1. The summed E-state index contributed by atoms with van der Waals surface area (Å²) in [6.45, 7) is 1.67. The van der Waals surface area contributed by atoms with E-state index in [2.05, 4.69) is 0 Å². The lowest BCUT2D eigenvalue weighted by Gasteiger charge is -2.26. The molecular formula is C22H23N2O5+. The predicted octanol–water partition coefficient (Wildman–Crippen LogP) is 1.05. The molecular weight excluding hydrogens is 372 g/mol. The van der Waals surface area contributed by atoms with Gasteiger partial charge in [0.2, 0.25) is 17.4 Å². The van der Waals surface area contributed by atoms with Crippen molar-refractivity contribution in [2.45, 2.75) is 18.5 Å². The number of benzene rings is 2. The summed E-state index contributed by atoms with van der Waals surface area (Å²) < 4.78 is 10.5. The van der Waals surface area contributed by atoms with Gasteiger partial charge in [0.25, 0.3) is 0 Å². The average molecular weight is 395 g/mol. The molecule has 7 nitrogen and oxygen atoms in total. The van der Waals surface area contributed by atoms with E-state index in [1.807, 2.05) is 30.3 Å². The second-order valence-corrected chi connectivity index (χ2v) is 7.56. The van der Waals surface area contributed by atoms with Crippen molar-refractivity contribution in [2.24, 2.45) is 11.8 Å². The Balaban J connectivity index is 1.86. The van der Waals surface area contributed by atoms with Gasteiger partial charge in [-0.1, -0.05) is 30.3 Å². The molecule has 0 saturated carbocycles. The van der Waals surface area contributed by atoms with Gasteiger partial charge >= 0.3 is 5.97 Å². The van der Waals surface area contributed by atoms with Crippen LogP contribution in [0.5, 0.6) is 5.75 Å². The maximum absolute atomic E-state index is 13.5. The highest BCUT2D eigenvalue weighted by molar-refractivity contribution is 6.23. The number of rotatable bonds is 4. The van der Waals surface area contributed by atoms with Crippen molar-refractivity contribution >= 4 is 23.5 Å². The van der Waals surface area contributed by atoms with Crippen LogP contribution in [0.4, 0.5) is 5.69 Å². The van der Waals surface area contributed by atoms with Crippen molar-refractivity contribution in [2.75, 3.05) is 19.1 Å². The number of imide groups is 1. The van der Waals surface area contributed by atoms with E-state index in [9.17, 15) is 14.4 Å². The van der Waals surface area contributed by atoms with Crippen LogP contribution in [0.25, 0.3) is 0 Å².